The van der Waals surface area contributed by atoms with Gasteiger partial charge in [0.15, 0.2) is 0 Å². The summed E-state index contributed by atoms with van der Waals surface area (Å²) in [5, 5.41) is 0. The fraction of sp³-hybridized carbons (Fsp3) is 0.714. The van der Waals surface area contributed by atoms with Gasteiger partial charge in [0.1, 0.15) is 0 Å². The predicted octanol–water partition coefficient (Wildman–Crippen LogP) is 6.40. The minimum atomic E-state index is 0.484. The van der Waals surface area contributed by atoms with Crippen LogP contribution in [0.3, 0.4) is 0 Å². The second kappa shape index (κ2) is 7.53. The van der Waals surface area contributed by atoms with Crippen LogP contribution in [0.15, 0.2) is 34.7 Å². The smallest absolute Gasteiger partial charge is 0.0279 e. The zero-order valence-corrected chi connectivity index (χ0v) is 16.5. The third-order valence-corrected chi connectivity index (χ3v) is 4.41. The third-order valence-electron chi connectivity index (χ3n) is 4.41. The first kappa shape index (κ1) is 19.1. The lowest BCUT2D eigenvalue weighted by molar-refractivity contribution is 0.284. The lowest BCUT2D eigenvalue weighted by Crippen LogP contribution is -2.35. The van der Waals surface area contributed by atoms with E-state index in [2.05, 4.69) is 86.3 Å². The lowest BCUT2D eigenvalue weighted by atomic mass is 9.92. The van der Waals surface area contributed by atoms with Gasteiger partial charge in [-0.1, -0.05) is 67.5 Å². The largest absolute Gasteiger partial charge is 0.345 e. The highest BCUT2D eigenvalue weighted by Crippen LogP contribution is 2.38. The molecule has 0 aliphatic carbocycles. The number of allylic oxidation sites excluding steroid dienone is 6. The van der Waals surface area contributed by atoms with Crippen molar-refractivity contribution in [2.75, 3.05) is 0 Å². The van der Waals surface area contributed by atoms with E-state index in [0.29, 0.717) is 29.7 Å². The third kappa shape index (κ3) is 3.86. The Bertz CT molecular complexity index is 430. The Morgan fingerprint density at radius 3 is 1.05 bits per heavy atom. The van der Waals surface area contributed by atoms with E-state index in [4.69, 9.17) is 0 Å². The normalized spacial score (nSPS) is 17.1. The van der Waals surface area contributed by atoms with E-state index < -0.39 is 0 Å². The standard InChI is InChI=1S/C21H37N/c1-13(2)18-11-12-19(14(3)4)21(16(7)8)22(17(9)10)20(18)15(5)6/h11-17H,1-10H3. The average molecular weight is 304 g/mol. The summed E-state index contributed by atoms with van der Waals surface area (Å²) in [5.74, 6) is 2.17. The van der Waals surface area contributed by atoms with Crippen molar-refractivity contribution in [1.82, 2.24) is 4.90 Å². The van der Waals surface area contributed by atoms with Gasteiger partial charge in [-0.3, -0.25) is 0 Å². The molecule has 1 aliphatic rings. The fourth-order valence-corrected chi connectivity index (χ4v) is 3.51. The molecule has 22 heavy (non-hydrogen) atoms. The monoisotopic (exact) mass is 303 g/mol. The number of rotatable bonds is 5. The molecular weight excluding hydrogens is 266 g/mol. The topological polar surface area (TPSA) is 3.24 Å². The van der Waals surface area contributed by atoms with Crippen molar-refractivity contribution in [3.8, 4) is 0 Å². The molecule has 0 aromatic carbocycles. The molecule has 1 heterocycles. The molecule has 0 spiro atoms. The number of hydrogen-bond donors (Lipinski definition) is 0. The number of nitrogens with zero attached hydrogens (tertiary/aromatic N) is 1. The molecule has 1 aliphatic heterocycles. The van der Waals surface area contributed by atoms with Crippen molar-refractivity contribution in [1.29, 1.82) is 0 Å². The van der Waals surface area contributed by atoms with Crippen LogP contribution in [-0.2, 0) is 0 Å². The maximum atomic E-state index is 2.64. The first-order valence-electron chi connectivity index (χ1n) is 9.04. The summed E-state index contributed by atoms with van der Waals surface area (Å²) in [6.45, 7) is 23.2. The van der Waals surface area contributed by atoms with Gasteiger partial charge in [0.05, 0.1) is 0 Å². The van der Waals surface area contributed by atoms with Crippen LogP contribution in [0.25, 0.3) is 0 Å². The molecule has 1 nitrogen and oxygen atoms in total. The molecule has 1 heteroatoms. The molecule has 0 aromatic heterocycles. The lowest BCUT2D eigenvalue weighted by Gasteiger charge is -2.40. The molecule has 0 bridgehead atoms. The van der Waals surface area contributed by atoms with E-state index in [1.54, 1.807) is 0 Å². The Balaban J connectivity index is 3.71. The summed E-state index contributed by atoms with van der Waals surface area (Å²) in [6, 6.07) is 0.484. The van der Waals surface area contributed by atoms with E-state index >= 15 is 0 Å². The minimum absolute atomic E-state index is 0.484. The van der Waals surface area contributed by atoms with Gasteiger partial charge in [-0.25, -0.2) is 0 Å². The molecule has 0 unspecified atom stereocenters. The molecule has 0 atom stereocenters. The van der Waals surface area contributed by atoms with E-state index in [1.165, 1.54) is 22.5 Å². The summed E-state index contributed by atoms with van der Waals surface area (Å²) >= 11 is 0. The fourth-order valence-electron chi connectivity index (χ4n) is 3.51. The maximum absolute atomic E-state index is 2.64. The average Bonchev–Trinajstić information content (AvgIpc) is 2.54. The Kier molecular flexibility index (Phi) is 6.52. The van der Waals surface area contributed by atoms with Crippen LogP contribution in [-0.4, -0.2) is 10.9 Å². The molecule has 126 valence electrons. The summed E-state index contributed by atoms with van der Waals surface area (Å²) in [5.41, 5.74) is 6.02. The molecule has 0 N–H and O–H groups in total. The Morgan fingerprint density at radius 1 is 0.545 bits per heavy atom. The van der Waals surface area contributed by atoms with Gasteiger partial charge in [0.2, 0.25) is 0 Å². The van der Waals surface area contributed by atoms with Crippen molar-refractivity contribution in [3.05, 3.63) is 34.7 Å². The van der Waals surface area contributed by atoms with Crippen LogP contribution in [0, 0.1) is 23.7 Å². The molecule has 0 amide bonds. The molecule has 0 fully saturated rings. The van der Waals surface area contributed by atoms with Crippen molar-refractivity contribution < 1.29 is 0 Å². The molecular formula is C21H37N. The Labute approximate surface area is 139 Å². The van der Waals surface area contributed by atoms with Crippen molar-refractivity contribution in [2.24, 2.45) is 23.7 Å². The van der Waals surface area contributed by atoms with Crippen LogP contribution >= 0.6 is 0 Å². The predicted molar refractivity (Wildman–Crippen MR) is 99.5 cm³/mol. The summed E-state index contributed by atoms with van der Waals surface area (Å²) < 4.78 is 0. The Morgan fingerprint density at radius 2 is 0.864 bits per heavy atom. The number of hydrogen-bond acceptors (Lipinski definition) is 1. The highest BCUT2D eigenvalue weighted by Gasteiger charge is 2.29. The van der Waals surface area contributed by atoms with E-state index in [-0.39, 0.29) is 0 Å². The van der Waals surface area contributed by atoms with Crippen LogP contribution in [0.5, 0.6) is 0 Å². The van der Waals surface area contributed by atoms with Crippen molar-refractivity contribution >= 4 is 0 Å². The second-order valence-electron chi connectivity index (χ2n) is 8.10. The van der Waals surface area contributed by atoms with Gasteiger partial charge in [0, 0.05) is 17.4 Å². The first-order chi connectivity index (χ1) is 10.1. The quantitative estimate of drug-likeness (QED) is 0.568. The van der Waals surface area contributed by atoms with E-state index in [0.717, 1.165) is 0 Å². The summed E-state index contributed by atoms with van der Waals surface area (Å²) in [4.78, 5) is 2.64. The second-order valence-corrected chi connectivity index (χ2v) is 8.10. The molecule has 1 rings (SSSR count). The molecule has 0 aromatic rings. The van der Waals surface area contributed by atoms with Gasteiger partial charge in [-0.2, -0.15) is 0 Å². The van der Waals surface area contributed by atoms with E-state index in [9.17, 15) is 0 Å². The van der Waals surface area contributed by atoms with E-state index in [1.807, 2.05) is 0 Å². The van der Waals surface area contributed by atoms with Gasteiger partial charge in [-0.15, -0.1) is 0 Å². The minimum Gasteiger partial charge on any atom is -0.345 e. The zero-order valence-electron chi connectivity index (χ0n) is 16.5. The van der Waals surface area contributed by atoms with Crippen LogP contribution in [0.4, 0.5) is 0 Å². The highest BCUT2D eigenvalue weighted by atomic mass is 15.2. The van der Waals surface area contributed by atoms with Crippen LogP contribution < -0.4 is 0 Å². The van der Waals surface area contributed by atoms with Gasteiger partial charge in [-0.05, 0) is 48.7 Å². The molecule has 0 saturated heterocycles. The van der Waals surface area contributed by atoms with Crippen molar-refractivity contribution in [3.63, 3.8) is 0 Å². The molecule has 0 saturated carbocycles. The zero-order chi connectivity index (χ0) is 17.2. The summed E-state index contributed by atoms with van der Waals surface area (Å²) in [6.07, 6.45) is 4.78. The highest BCUT2D eigenvalue weighted by molar-refractivity contribution is 5.42. The van der Waals surface area contributed by atoms with Crippen LogP contribution in [0.1, 0.15) is 69.2 Å². The maximum Gasteiger partial charge on any atom is 0.0279 e. The van der Waals surface area contributed by atoms with Gasteiger partial charge in [0.25, 0.3) is 0 Å². The van der Waals surface area contributed by atoms with Crippen LogP contribution in [0.2, 0.25) is 0 Å². The van der Waals surface area contributed by atoms with Gasteiger partial charge >= 0.3 is 0 Å². The first-order valence-corrected chi connectivity index (χ1v) is 9.04. The molecule has 0 radical (unpaired) electrons. The summed E-state index contributed by atoms with van der Waals surface area (Å²) in [7, 11) is 0. The van der Waals surface area contributed by atoms with Crippen molar-refractivity contribution in [2.45, 2.75) is 75.3 Å². The SMILES string of the molecule is CC(C)C1=C(C(C)C)N(C(C)C)C(C(C)C)=C(C(C)C)C=C1. The van der Waals surface area contributed by atoms with Gasteiger partial charge < -0.3 is 4.90 Å². The Hall–Kier alpha value is -0.980.